The zero-order valence-corrected chi connectivity index (χ0v) is 17.7. The number of benzene rings is 1. The molecular formula is C19H22F10N2O. The van der Waals surface area contributed by atoms with Crippen molar-refractivity contribution in [3.8, 4) is 5.75 Å². The second-order valence-corrected chi connectivity index (χ2v) is 7.33. The summed E-state index contributed by atoms with van der Waals surface area (Å²) in [4.78, 5) is 5.84. The van der Waals surface area contributed by atoms with Gasteiger partial charge in [-0.25, -0.2) is 4.99 Å². The molecule has 0 aromatic heterocycles. The SMILES string of the molecule is CCN(C)C=Nc1cc(C)c(OCC(F)(F)C(F)(F)C(F)(F)C(F)(F)C(C)(F)F)cc1C. The minimum absolute atomic E-state index is 0.0956. The van der Waals surface area contributed by atoms with Crippen LogP contribution in [0.2, 0.25) is 0 Å². The predicted molar refractivity (Wildman–Crippen MR) is 98.3 cm³/mol. The first-order valence-electron chi connectivity index (χ1n) is 9.10. The molecule has 0 spiro atoms. The van der Waals surface area contributed by atoms with E-state index in [1.165, 1.54) is 26.3 Å². The predicted octanol–water partition coefficient (Wildman–Crippen LogP) is 6.49. The van der Waals surface area contributed by atoms with E-state index in [-0.39, 0.29) is 5.56 Å². The zero-order chi connectivity index (χ0) is 25.3. The molecule has 184 valence electrons. The van der Waals surface area contributed by atoms with Gasteiger partial charge in [0.05, 0.1) is 12.0 Å². The number of aliphatic imine (C=N–C) groups is 1. The van der Waals surface area contributed by atoms with E-state index in [1.807, 2.05) is 6.92 Å². The number of hydrogen-bond donors (Lipinski definition) is 0. The lowest BCUT2D eigenvalue weighted by Gasteiger charge is -2.38. The first-order chi connectivity index (χ1) is 14.2. The highest BCUT2D eigenvalue weighted by atomic mass is 19.4. The first kappa shape index (κ1) is 27.8. The molecule has 0 N–H and O–H groups in total. The van der Waals surface area contributed by atoms with Crippen LogP contribution >= 0.6 is 0 Å². The summed E-state index contributed by atoms with van der Waals surface area (Å²) in [6.45, 7) is 2.00. The third kappa shape index (κ3) is 5.06. The van der Waals surface area contributed by atoms with Crippen LogP contribution in [0.15, 0.2) is 17.1 Å². The Labute approximate surface area is 178 Å². The van der Waals surface area contributed by atoms with Crippen molar-refractivity contribution < 1.29 is 48.6 Å². The van der Waals surface area contributed by atoms with E-state index >= 15 is 0 Å². The Hall–Kier alpha value is -2.21. The van der Waals surface area contributed by atoms with Crippen molar-refractivity contribution in [1.82, 2.24) is 4.90 Å². The Morgan fingerprint density at radius 1 is 0.875 bits per heavy atom. The van der Waals surface area contributed by atoms with Gasteiger partial charge in [0.25, 0.3) is 0 Å². The summed E-state index contributed by atoms with van der Waals surface area (Å²) in [5.41, 5.74) is 0.797. The van der Waals surface area contributed by atoms with Crippen molar-refractivity contribution in [1.29, 1.82) is 0 Å². The van der Waals surface area contributed by atoms with E-state index in [4.69, 9.17) is 0 Å². The molecule has 0 atom stereocenters. The third-order valence-electron chi connectivity index (χ3n) is 4.59. The van der Waals surface area contributed by atoms with Crippen molar-refractivity contribution >= 4 is 12.0 Å². The molecule has 0 aliphatic carbocycles. The second kappa shape index (κ2) is 8.97. The summed E-state index contributed by atoms with van der Waals surface area (Å²) >= 11 is 0. The number of aryl methyl sites for hydroxylation is 2. The molecule has 0 heterocycles. The van der Waals surface area contributed by atoms with Crippen LogP contribution in [0.3, 0.4) is 0 Å². The Morgan fingerprint density at radius 2 is 1.41 bits per heavy atom. The number of halogens is 10. The van der Waals surface area contributed by atoms with E-state index in [1.54, 1.807) is 11.9 Å². The quantitative estimate of drug-likeness (QED) is 0.216. The molecule has 13 heteroatoms. The molecule has 0 unspecified atom stereocenters. The van der Waals surface area contributed by atoms with Crippen LogP contribution < -0.4 is 4.74 Å². The second-order valence-electron chi connectivity index (χ2n) is 7.33. The Kier molecular flexibility index (Phi) is 7.80. The van der Waals surface area contributed by atoms with Crippen molar-refractivity contribution in [2.45, 2.75) is 57.3 Å². The molecule has 0 bridgehead atoms. The van der Waals surface area contributed by atoms with Crippen LogP contribution in [0.5, 0.6) is 5.75 Å². The van der Waals surface area contributed by atoms with Gasteiger partial charge in [0.1, 0.15) is 5.75 Å². The van der Waals surface area contributed by atoms with Crippen LogP contribution in [-0.2, 0) is 0 Å². The van der Waals surface area contributed by atoms with Crippen molar-refractivity contribution in [2.24, 2.45) is 4.99 Å². The highest BCUT2D eigenvalue weighted by Crippen LogP contribution is 2.56. The minimum atomic E-state index is -7.08. The first-order valence-corrected chi connectivity index (χ1v) is 9.10. The molecule has 0 saturated carbocycles. The average molecular weight is 484 g/mol. The molecule has 0 radical (unpaired) electrons. The Balaban J connectivity index is 3.17. The summed E-state index contributed by atoms with van der Waals surface area (Å²) in [5.74, 6) is -32.8. The van der Waals surface area contributed by atoms with Gasteiger partial charge in [0.15, 0.2) is 6.61 Å². The van der Waals surface area contributed by atoms with Crippen molar-refractivity contribution in [3.05, 3.63) is 23.3 Å². The van der Waals surface area contributed by atoms with Gasteiger partial charge >= 0.3 is 29.6 Å². The monoisotopic (exact) mass is 484 g/mol. The van der Waals surface area contributed by atoms with E-state index < -0.39 is 48.9 Å². The zero-order valence-electron chi connectivity index (χ0n) is 17.7. The van der Waals surface area contributed by atoms with Gasteiger partial charge in [-0.3, -0.25) is 0 Å². The molecule has 0 aliphatic rings. The number of ether oxygens (including phenoxy) is 1. The molecule has 3 nitrogen and oxygen atoms in total. The standard InChI is InChI=1S/C19H22F10N2O/c1-6-31(5)10-30-13-7-12(3)14(8-11(13)2)32-9-16(22,23)18(26,27)19(28,29)17(24,25)15(4,20)21/h7-8,10H,6,9H2,1-5H3. The fourth-order valence-corrected chi connectivity index (χ4v) is 2.27. The topological polar surface area (TPSA) is 24.8 Å². The summed E-state index contributed by atoms with van der Waals surface area (Å²) < 4.78 is 139. The van der Waals surface area contributed by atoms with Gasteiger partial charge in [0, 0.05) is 20.5 Å². The third-order valence-corrected chi connectivity index (χ3v) is 4.59. The molecule has 0 amide bonds. The maximum absolute atomic E-state index is 13.9. The molecule has 0 fully saturated rings. The molecule has 0 saturated heterocycles. The van der Waals surface area contributed by atoms with E-state index in [0.29, 0.717) is 17.8 Å². The fourth-order valence-electron chi connectivity index (χ4n) is 2.27. The summed E-state index contributed by atoms with van der Waals surface area (Å²) in [6.07, 6.45) is 1.46. The van der Waals surface area contributed by atoms with Crippen molar-refractivity contribution in [2.75, 3.05) is 20.2 Å². The number of nitrogens with zero attached hydrogens (tertiary/aromatic N) is 2. The Bertz CT molecular complexity index is 834. The van der Waals surface area contributed by atoms with Gasteiger partial charge in [0.2, 0.25) is 0 Å². The lowest BCUT2D eigenvalue weighted by molar-refractivity contribution is -0.400. The van der Waals surface area contributed by atoms with E-state index in [0.717, 1.165) is 6.07 Å². The number of alkyl halides is 10. The highest BCUT2D eigenvalue weighted by molar-refractivity contribution is 5.64. The molecular weight excluding hydrogens is 462 g/mol. The normalized spacial score (nSPS) is 14.2. The van der Waals surface area contributed by atoms with Crippen LogP contribution in [0.25, 0.3) is 0 Å². The maximum atomic E-state index is 13.9. The molecule has 32 heavy (non-hydrogen) atoms. The van der Waals surface area contributed by atoms with Crippen molar-refractivity contribution in [3.63, 3.8) is 0 Å². The average Bonchev–Trinajstić information content (AvgIpc) is 2.65. The Morgan fingerprint density at radius 3 is 1.88 bits per heavy atom. The van der Waals surface area contributed by atoms with Crippen LogP contribution in [0.1, 0.15) is 25.0 Å². The summed E-state index contributed by atoms with van der Waals surface area (Å²) in [5, 5.41) is 0. The van der Waals surface area contributed by atoms with Crippen LogP contribution in [0.4, 0.5) is 49.6 Å². The minimum Gasteiger partial charge on any atom is -0.487 e. The maximum Gasteiger partial charge on any atom is 0.384 e. The summed E-state index contributed by atoms with van der Waals surface area (Å²) in [6, 6.07) is 2.44. The van der Waals surface area contributed by atoms with Crippen LogP contribution in [-0.4, -0.2) is 61.1 Å². The van der Waals surface area contributed by atoms with Crippen LogP contribution in [0, 0.1) is 13.8 Å². The molecule has 1 rings (SSSR count). The smallest absolute Gasteiger partial charge is 0.384 e. The largest absolute Gasteiger partial charge is 0.487 e. The van der Waals surface area contributed by atoms with Gasteiger partial charge in [-0.2, -0.15) is 43.9 Å². The van der Waals surface area contributed by atoms with Gasteiger partial charge in [-0.1, -0.05) is 0 Å². The molecule has 1 aromatic rings. The lowest BCUT2D eigenvalue weighted by atomic mass is 9.95. The molecule has 0 aliphatic heterocycles. The van der Waals surface area contributed by atoms with Gasteiger partial charge in [-0.15, -0.1) is 0 Å². The van der Waals surface area contributed by atoms with E-state index in [2.05, 4.69) is 9.73 Å². The number of hydrogen-bond acceptors (Lipinski definition) is 2. The highest BCUT2D eigenvalue weighted by Gasteiger charge is 2.85. The summed E-state index contributed by atoms with van der Waals surface area (Å²) in [7, 11) is 1.72. The number of rotatable bonds is 10. The van der Waals surface area contributed by atoms with Gasteiger partial charge in [-0.05, 0) is 44.0 Å². The van der Waals surface area contributed by atoms with Gasteiger partial charge < -0.3 is 9.64 Å². The lowest BCUT2D eigenvalue weighted by Crippen LogP contribution is -2.67. The van der Waals surface area contributed by atoms with E-state index in [9.17, 15) is 43.9 Å². The fraction of sp³-hybridized carbons (Fsp3) is 0.632. The molecule has 1 aromatic carbocycles.